The molecule has 98 valence electrons. The lowest BCUT2D eigenvalue weighted by molar-refractivity contribution is -0.152. The molecule has 0 aromatic rings. The second-order valence-electron chi connectivity index (χ2n) is 5.57. The van der Waals surface area contributed by atoms with Crippen molar-refractivity contribution in [3.63, 3.8) is 0 Å². The summed E-state index contributed by atoms with van der Waals surface area (Å²) in [6.45, 7) is 5.80. The van der Waals surface area contributed by atoms with Crippen LogP contribution in [0.25, 0.3) is 0 Å². The van der Waals surface area contributed by atoms with Crippen LogP contribution in [0.15, 0.2) is 0 Å². The first-order valence-corrected chi connectivity index (χ1v) is 7.14. The maximum Gasteiger partial charge on any atom is 0.323 e. The van der Waals surface area contributed by atoms with Gasteiger partial charge in [0, 0.05) is 6.04 Å². The molecular weight excluding hydrogens is 214 g/mol. The first-order valence-electron chi connectivity index (χ1n) is 7.14. The highest BCUT2D eigenvalue weighted by Gasteiger charge is 2.36. The molecule has 2 fully saturated rings. The summed E-state index contributed by atoms with van der Waals surface area (Å²) in [4.78, 5) is 14.4. The summed E-state index contributed by atoms with van der Waals surface area (Å²) < 4.78 is 5.22. The van der Waals surface area contributed by atoms with E-state index in [0.29, 0.717) is 12.6 Å². The molecule has 1 aliphatic carbocycles. The van der Waals surface area contributed by atoms with Gasteiger partial charge in [0.2, 0.25) is 0 Å². The molecule has 0 aromatic carbocycles. The van der Waals surface area contributed by atoms with E-state index in [9.17, 15) is 4.79 Å². The van der Waals surface area contributed by atoms with E-state index in [1.54, 1.807) is 0 Å². The molecule has 1 saturated heterocycles. The number of ether oxygens (including phenoxy) is 1. The van der Waals surface area contributed by atoms with Crippen LogP contribution in [0.3, 0.4) is 0 Å². The zero-order valence-electron chi connectivity index (χ0n) is 11.2. The van der Waals surface area contributed by atoms with Crippen LogP contribution in [0.1, 0.15) is 52.4 Å². The molecule has 0 spiro atoms. The van der Waals surface area contributed by atoms with Crippen LogP contribution >= 0.6 is 0 Å². The Balaban J connectivity index is 1.99. The van der Waals surface area contributed by atoms with Crippen molar-refractivity contribution in [2.24, 2.45) is 5.92 Å². The molecule has 0 aromatic heterocycles. The fourth-order valence-electron chi connectivity index (χ4n) is 3.36. The highest BCUT2D eigenvalue weighted by atomic mass is 16.5. The Labute approximate surface area is 105 Å². The summed E-state index contributed by atoms with van der Waals surface area (Å²) in [7, 11) is 0. The minimum atomic E-state index is 0.00625. The smallest absolute Gasteiger partial charge is 0.323 e. The fourth-order valence-corrected chi connectivity index (χ4v) is 3.36. The fraction of sp³-hybridized carbons (Fsp3) is 0.929. The zero-order chi connectivity index (χ0) is 12.3. The normalized spacial score (nSPS) is 34.8. The highest BCUT2D eigenvalue weighted by molar-refractivity contribution is 5.76. The quantitative estimate of drug-likeness (QED) is 0.709. The van der Waals surface area contributed by atoms with Crippen LogP contribution in [0, 0.1) is 5.92 Å². The van der Waals surface area contributed by atoms with Crippen molar-refractivity contribution in [3.8, 4) is 0 Å². The van der Waals surface area contributed by atoms with Crippen molar-refractivity contribution in [1.29, 1.82) is 0 Å². The lowest BCUT2D eigenvalue weighted by Crippen LogP contribution is -2.49. The van der Waals surface area contributed by atoms with Gasteiger partial charge in [-0.3, -0.25) is 9.69 Å². The Kier molecular flexibility index (Phi) is 4.43. The van der Waals surface area contributed by atoms with Gasteiger partial charge in [0.05, 0.1) is 6.61 Å². The Bertz CT molecular complexity index is 267. The third kappa shape index (κ3) is 3.01. The van der Waals surface area contributed by atoms with Crippen molar-refractivity contribution >= 4 is 5.97 Å². The molecule has 17 heavy (non-hydrogen) atoms. The van der Waals surface area contributed by atoms with E-state index in [-0.39, 0.29) is 12.0 Å². The van der Waals surface area contributed by atoms with Gasteiger partial charge >= 0.3 is 5.97 Å². The summed E-state index contributed by atoms with van der Waals surface area (Å²) in [5.41, 5.74) is 0. The lowest BCUT2D eigenvalue weighted by Gasteiger charge is -2.38. The number of carbonyl (C=O) groups excluding carboxylic acids is 1. The maximum atomic E-state index is 12.0. The third-order valence-corrected chi connectivity index (χ3v) is 4.24. The van der Waals surface area contributed by atoms with E-state index in [0.717, 1.165) is 18.9 Å². The molecule has 0 amide bonds. The van der Waals surface area contributed by atoms with E-state index < -0.39 is 0 Å². The summed E-state index contributed by atoms with van der Waals surface area (Å²) in [5.74, 6) is 0.830. The molecule has 0 bridgehead atoms. The van der Waals surface area contributed by atoms with Crippen molar-refractivity contribution in [2.45, 2.75) is 64.5 Å². The number of nitrogens with zero attached hydrogens (tertiary/aromatic N) is 1. The van der Waals surface area contributed by atoms with Gasteiger partial charge in [0.1, 0.15) is 6.04 Å². The van der Waals surface area contributed by atoms with Crippen molar-refractivity contribution < 1.29 is 9.53 Å². The minimum Gasteiger partial charge on any atom is -0.465 e. The van der Waals surface area contributed by atoms with Gasteiger partial charge in [-0.1, -0.05) is 13.3 Å². The van der Waals surface area contributed by atoms with Crippen LogP contribution in [-0.2, 0) is 9.53 Å². The molecule has 3 heteroatoms. The number of hydrogen-bond donors (Lipinski definition) is 0. The average Bonchev–Trinajstić information content (AvgIpc) is 2.76. The predicted octanol–water partition coefficient (Wildman–Crippen LogP) is 2.59. The van der Waals surface area contributed by atoms with Crippen LogP contribution < -0.4 is 0 Å². The van der Waals surface area contributed by atoms with Crippen LogP contribution in [0.2, 0.25) is 0 Å². The zero-order valence-corrected chi connectivity index (χ0v) is 11.2. The third-order valence-electron chi connectivity index (χ3n) is 4.24. The maximum absolute atomic E-state index is 12.0. The molecule has 2 aliphatic rings. The largest absolute Gasteiger partial charge is 0.465 e. The van der Waals surface area contributed by atoms with E-state index >= 15 is 0 Å². The molecule has 1 aliphatic heterocycles. The Morgan fingerprint density at radius 1 is 1.29 bits per heavy atom. The van der Waals surface area contributed by atoms with Gasteiger partial charge < -0.3 is 4.74 Å². The second-order valence-corrected chi connectivity index (χ2v) is 5.57. The van der Waals surface area contributed by atoms with E-state index in [1.807, 2.05) is 6.92 Å². The molecule has 3 unspecified atom stereocenters. The summed E-state index contributed by atoms with van der Waals surface area (Å²) >= 11 is 0. The summed E-state index contributed by atoms with van der Waals surface area (Å²) in [5, 5.41) is 0. The highest BCUT2D eigenvalue weighted by Crippen LogP contribution is 2.33. The summed E-state index contributed by atoms with van der Waals surface area (Å²) in [6, 6.07) is 0.665. The first-order chi connectivity index (χ1) is 8.22. The van der Waals surface area contributed by atoms with Crippen LogP contribution in [0.4, 0.5) is 0 Å². The van der Waals surface area contributed by atoms with Crippen LogP contribution in [-0.4, -0.2) is 36.1 Å². The number of rotatable bonds is 3. The molecular formula is C14H25NO2. The molecule has 1 saturated carbocycles. The topological polar surface area (TPSA) is 29.5 Å². The summed E-state index contributed by atoms with van der Waals surface area (Å²) in [6.07, 6.45) is 7.23. The number of piperidine rings is 1. The molecule has 1 heterocycles. The van der Waals surface area contributed by atoms with Crippen molar-refractivity contribution in [3.05, 3.63) is 0 Å². The van der Waals surface area contributed by atoms with Gasteiger partial charge in [-0.05, 0) is 51.5 Å². The van der Waals surface area contributed by atoms with Crippen molar-refractivity contribution in [2.75, 3.05) is 13.2 Å². The Hall–Kier alpha value is -0.570. The lowest BCUT2D eigenvalue weighted by atomic mass is 9.98. The number of esters is 1. The molecule has 0 N–H and O–H groups in total. The van der Waals surface area contributed by atoms with E-state index in [1.165, 1.54) is 32.1 Å². The predicted molar refractivity (Wildman–Crippen MR) is 67.8 cm³/mol. The second kappa shape index (κ2) is 5.85. The number of carbonyl (C=O) groups is 1. The Morgan fingerprint density at radius 2 is 2.12 bits per heavy atom. The first kappa shape index (κ1) is 12.9. The standard InChI is InChI=1S/C14H25NO2/c1-3-17-14(16)13-6-4-5-9-15(13)12-8-7-11(2)10-12/h11-13H,3-10H2,1-2H3. The number of hydrogen-bond acceptors (Lipinski definition) is 3. The van der Waals surface area contributed by atoms with E-state index in [2.05, 4.69) is 11.8 Å². The van der Waals surface area contributed by atoms with E-state index in [4.69, 9.17) is 4.74 Å². The minimum absolute atomic E-state index is 0.00625. The molecule has 2 rings (SSSR count). The van der Waals surface area contributed by atoms with Gasteiger partial charge in [-0.2, -0.15) is 0 Å². The SMILES string of the molecule is CCOC(=O)C1CCCCN1C1CCC(C)C1. The monoisotopic (exact) mass is 239 g/mol. The van der Waals surface area contributed by atoms with Crippen LogP contribution in [0.5, 0.6) is 0 Å². The molecule has 0 radical (unpaired) electrons. The Morgan fingerprint density at radius 3 is 2.76 bits per heavy atom. The average molecular weight is 239 g/mol. The van der Waals surface area contributed by atoms with Gasteiger partial charge in [0.25, 0.3) is 0 Å². The van der Waals surface area contributed by atoms with Gasteiger partial charge in [-0.25, -0.2) is 0 Å². The van der Waals surface area contributed by atoms with Gasteiger partial charge in [-0.15, -0.1) is 0 Å². The van der Waals surface area contributed by atoms with Crippen molar-refractivity contribution in [1.82, 2.24) is 4.90 Å². The number of likely N-dealkylation sites (tertiary alicyclic amines) is 1. The van der Waals surface area contributed by atoms with Gasteiger partial charge in [0.15, 0.2) is 0 Å². The molecule has 3 nitrogen and oxygen atoms in total. The molecule has 3 atom stereocenters.